The van der Waals surface area contributed by atoms with Crippen molar-refractivity contribution >= 4 is 54.4 Å². The van der Waals surface area contributed by atoms with E-state index in [0.717, 1.165) is 39.1 Å². The SMILES string of the molecule is c1ccc(-n2ccc3ccc4c5ccccc5n(-c5ccc(-c6nc(-c7cccc8ccccc78)c7ccccc7n6)cc5)c4c32)cc1. The molecule has 10 aromatic rings. The number of nitrogens with zero attached hydrogens (tertiary/aromatic N) is 4. The maximum Gasteiger partial charge on any atom is 0.160 e. The van der Waals surface area contributed by atoms with E-state index in [2.05, 4.69) is 173 Å². The van der Waals surface area contributed by atoms with Crippen LogP contribution in [0.5, 0.6) is 0 Å². The summed E-state index contributed by atoms with van der Waals surface area (Å²) < 4.78 is 4.71. The van der Waals surface area contributed by atoms with E-state index in [-0.39, 0.29) is 0 Å². The van der Waals surface area contributed by atoms with Crippen molar-refractivity contribution in [2.24, 2.45) is 0 Å². The van der Waals surface area contributed by atoms with Crippen LogP contribution in [0, 0.1) is 0 Å². The molecule has 0 fully saturated rings. The second kappa shape index (κ2) is 10.5. The van der Waals surface area contributed by atoms with E-state index in [1.165, 1.54) is 43.5 Å². The molecule has 0 aliphatic rings. The molecular formula is C44H28N4. The summed E-state index contributed by atoms with van der Waals surface area (Å²) in [5.41, 5.74) is 9.76. The Bertz CT molecular complexity index is 2820. The van der Waals surface area contributed by atoms with Gasteiger partial charge in [0.1, 0.15) is 0 Å². The van der Waals surface area contributed by atoms with E-state index >= 15 is 0 Å². The first-order valence-corrected chi connectivity index (χ1v) is 16.3. The van der Waals surface area contributed by atoms with E-state index < -0.39 is 0 Å². The first kappa shape index (κ1) is 26.7. The maximum absolute atomic E-state index is 5.24. The molecule has 0 aliphatic carbocycles. The van der Waals surface area contributed by atoms with Crippen LogP contribution in [-0.2, 0) is 0 Å². The van der Waals surface area contributed by atoms with Gasteiger partial charge in [0.25, 0.3) is 0 Å². The number of benzene rings is 7. The third kappa shape index (κ3) is 4.03. The number of aromatic nitrogens is 4. The van der Waals surface area contributed by atoms with Gasteiger partial charge in [0.05, 0.1) is 27.8 Å². The lowest BCUT2D eigenvalue weighted by molar-refractivity contribution is 1.11. The fourth-order valence-corrected chi connectivity index (χ4v) is 7.35. The molecule has 7 aromatic carbocycles. The molecule has 0 amide bonds. The van der Waals surface area contributed by atoms with Crippen molar-refractivity contribution < 1.29 is 0 Å². The molecule has 0 aliphatic heterocycles. The van der Waals surface area contributed by atoms with E-state index in [1.807, 2.05) is 6.07 Å². The zero-order valence-electron chi connectivity index (χ0n) is 26.0. The summed E-state index contributed by atoms with van der Waals surface area (Å²) in [6.45, 7) is 0. The van der Waals surface area contributed by atoms with Gasteiger partial charge in [-0.3, -0.25) is 0 Å². The van der Waals surface area contributed by atoms with Gasteiger partial charge < -0.3 is 9.13 Å². The molecule has 224 valence electrons. The van der Waals surface area contributed by atoms with Gasteiger partial charge in [-0.1, -0.05) is 109 Å². The van der Waals surface area contributed by atoms with Gasteiger partial charge in [-0.25, -0.2) is 9.97 Å². The van der Waals surface area contributed by atoms with E-state index in [9.17, 15) is 0 Å². The Morgan fingerprint density at radius 2 is 1.15 bits per heavy atom. The predicted molar refractivity (Wildman–Crippen MR) is 199 cm³/mol. The summed E-state index contributed by atoms with van der Waals surface area (Å²) in [6, 6.07) is 57.9. The van der Waals surface area contributed by atoms with Crippen molar-refractivity contribution in [1.82, 2.24) is 19.1 Å². The first-order valence-electron chi connectivity index (χ1n) is 16.3. The van der Waals surface area contributed by atoms with Gasteiger partial charge in [0, 0.05) is 50.2 Å². The average Bonchev–Trinajstić information content (AvgIpc) is 3.74. The van der Waals surface area contributed by atoms with Crippen LogP contribution < -0.4 is 0 Å². The normalized spacial score (nSPS) is 11.8. The molecule has 0 N–H and O–H groups in total. The van der Waals surface area contributed by atoms with Crippen LogP contribution in [0.2, 0.25) is 0 Å². The molecule has 0 radical (unpaired) electrons. The number of hydrogen-bond donors (Lipinski definition) is 0. The first-order chi connectivity index (χ1) is 23.8. The highest BCUT2D eigenvalue weighted by atomic mass is 15.0. The molecule has 4 heteroatoms. The molecule has 0 saturated heterocycles. The lowest BCUT2D eigenvalue weighted by atomic mass is 9.99. The third-order valence-electron chi connectivity index (χ3n) is 9.55. The summed E-state index contributed by atoms with van der Waals surface area (Å²) in [5, 5.41) is 7.10. The quantitative estimate of drug-likeness (QED) is 0.198. The number of fused-ring (bicyclic) bond motifs is 7. The zero-order chi connectivity index (χ0) is 31.6. The van der Waals surface area contributed by atoms with E-state index in [4.69, 9.17) is 9.97 Å². The molecule has 0 atom stereocenters. The van der Waals surface area contributed by atoms with Gasteiger partial charge in [-0.05, 0) is 65.4 Å². The largest absolute Gasteiger partial charge is 0.315 e. The second-order valence-corrected chi connectivity index (χ2v) is 12.3. The van der Waals surface area contributed by atoms with E-state index in [1.54, 1.807) is 0 Å². The van der Waals surface area contributed by atoms with Gasteiger partial charge in [0.2, 0.25) is 0 Å². The number of para-hydroxylation sites is 3. The van der Waals surface area contributed by atoms with Gasteiger partial charge in [0.15, 0.2) is 5.82 Å². The number of rotatable bonds is 4. The van der Waals surface area contributed by atoms with Crippen molar-refractivity contribution in [3.63, 3.8) is 0 Å². The van der Waals surface area contributed by atoms with Gasteiger partial charge in [-0.2, -0.15) is 0 Å². The summed E-state index contributed by atoms with van der Waals surface area (Å²) in [5.74, 6) is 0.714. The molecule has 0 unspecified atom stereocenters. The molecule has 3 aromatic heterocycles. The zero-order valence-corrected chi connectivity index (χ0v) is 26.0. The monoisotopic (exact) mass is 612 g/mol. The van der Waals surface area contributed by atoms with Crippen LogP contribution in [-0.4, -0.2) is 19.1 Å². The van der Waals surface area contributed by atoms with Crippen molar-refractivity contribution in [2.45, 2.75) is 0 Å². The average molecular weight is 613 g/mol. The second-order valence-electron chi connectivity index (χ2n) is 12.3. The van der Waals surface area contributed by atoms with Crippen molar-refractivity contribution in [3.8, 4) is 34.0 Å². The summed E-state index contributed by atoms with van der Waals surface area (Å²) in [4.78, 5) is 10.3. The minimum atomic E-state index is 0.714. The Morgan fingerprint density at radius 1 is 0.417 bits per heavy atom. The van der Waals surface area contributed by atoms with Crippen molar-refractivity contribution in [2.75, 3.05) is 0 Å². The highest BCUT2D eigenvalue weighted by Gasteiger charge is 2.19. The smallest absolute Gasteiger partial charge is 0.160 e. The number of hydrogen-bond acceptors (Lipinski definition) is 2. The van der Waals surface area contributed by atoms with Crippen LogP contribution in [0.1, 0.15) is 0 Å². The topological polar surface area (TPSA) is 35.6 Å². The molecule has 48 heavy (non-hydrogen) atoms. The predicted octanol–water partition coefficient (Wildman–Crippen LogP) is 11.2. The summed E-state index contributed by atoms with van der Waals surface area (Å²) in [6.07, 6.45) is 2.18. The molecule has 0 saturated carbocycles. The summed E-state index contributed by atoms with van der Waals surface area (Å²) >= 11 is 0. The molecular weight excluding hydrogens is 585 g/mol. The summed E-state index contributed by atoms with van der Waals surface area (Å²) in [7, 11) is 0. The van der Waals surface area contributed by atoms with Crippen LogP contribution in [0.3, 0.4) is 0 Å². The van der Waals surface area contributed by atoms with Gasteiger partial charge in [-0.15, -0.1) is 0 Å². The van der Waals surface area contributed by atoms with Crippen molar-refractivity contribution in [1.29, 1.82) is 0 Å². The van der Waals surface area contributed by atoms with Crippen LogP contribution >= 0.6 is 0 Å². The molecule has 10 rings (SSSR count). The Kier molecular flexibility index (Phi) is 5.84. The standard InChI is InChI=1S/C44H28N4/c1-2-13-32(14-3-1)47-28-27-30-23-26-37-35-16-7-9-20-40(35)48(43(37)42(30)47)33-24-21-31(22-25-33)44-45-39-19-8-6-17-38(39)41(46-44)36-18-10-12-29-11-4-5-15-34(29)36/h1-28H. The maximum atomic E-state index is 5.24. The van der Waals surface area contributed by atoms with Gasteiger partial charge >= 0.3 is 0 Å². The lowest BCUT2D eigenvalue weighted by Crippen LogP contribution is -1.99. The molecule has 0 spiro atoms. The Balaban J connectivity index is 1.18. The Morgan fingerprint density at radius 3 is 2.02 bits per heavy atom. The molecule has 3 heterocycles. The fraction of sp³-hybridized carbons (Fsp3) is 0. The Hall–Kier alpha value is -6.52. The highest BCUT2D eigenvalue weighted by Crippen LogP contribution is 2.39. The third-order valence-corrected chi connectivity index (χ3v) is 9.55. The van der Waals surface area contributed by atoms with E-state index in [0.29, 0.717) is 5.82 Å². The minimum absolute atomic E-state index is 0.714. The minimum Gasteiger partial charge on any atom is -0.315 e. The molecule has 4 nitrogen and oxygen atoms in total. The van der Waals surface area contributed by atoms with Crippen LogP contribution in [0.4, 0.5) is 0 Å². The molecule has 0 bridgehead atoms. The van der Waals surface area contributed by atoms with Crippen LogP contribution in [0.25, 0.3) is 88.4 Å². The fourth-order valence-electron chi connectivity index (χ4n) is 7.35. The van der Waals surface area contributed by atoms with Crippen molar-refractivity contribution in [3.05, 3.63) is 170 Å². The van der Waals surface area contributed by atoms with Crippen LogP contribution in [0.15, 0.2) is 170 Å². The Labute approximate surface area is 276 Å². The lowest BCUT2D eigenvalue weighted by Gasteiger charge is -2.13. The highest BCUT2D eigenvalue weighted by molar-refractivity contribution is 6.18.